The topological polar surface area (TPSA) is 178 Å². The van der Waals surface area contributed by atoms with E-state index in [9.17, 15) is 28.5 Å². The quantitative estimate of drug-likeness (QED) is 0.0200. The lowest BCUT2D eigenvalue weighted by molar-refractivity contribution is -0.301. The number of rotatable bonds is 39. The Morgan fingerprint density at radius 2 is 1.12 bits per heavy atom. The van der Waals surface area contributed by atoms with Gasteiger partial charge in [0.1, 0.15) is 30.5 Å². The maximum Gasteiger partial charge on any atom is 0.397 e. The summed E-state index contributed by atoms with van der Waals surface area (Å²) in [6.07, 6.45) is 28.1. The first-order valence-corrected chi connectivity index (χ1v) is 23.8. The Balaban J connectivity index is 2.43. The van der Waals surface area contributed by atoms with Gasteiger partial charge in [-0.1, -0.05) is 161 Å². The molecule has 1 rings (SSSR count). The molecule has 1 aliphatic heterocycles. The van der Waals surface area contributed by atoms with Crippen LogP contribution in [0.2, 0.25) is 0 Å². The summed E-state index contributed by atoms with van der Waals surface area (Å²) in [7, 11) is -5.06. The van der Waals surface area contributed by atoms with E-state index in [1.54, 1.807) is 0 Å². The summed E-state index contributed by atoms with van der Waals surface area (Å²) in [5.41, 5.74) is 0. The third-order valence-electron chi connectivity index (χ3n) is 10.4. The fourth-order valence-electron chi connectivity index (χ4n) is 6.96. The van der Waals surface area contributed by atoms with Crippen LogP contribution in [-0.4, -0.2) is 97.5 Å². The number of aliphatic hydroxyl groups is 3. The summed E-state index contributed by atoms with van der Waals surface area (Å²) in [6, 6.07) is 0. The first kappa shape index (κ1) is 52.9. The average Bonchev–Trinajstić information content (AvgIpc) is 3.17. The first-order chi connectivity index (χ1) is 27.1. The van der Waals surface area contributed by atoms with Crippen molar-refractivity contribution in [2.45, 2.75) is 230 Å². The van der Waals surface area contributed by atoms with Gasteiger partial charge in [0, 0.05) is 13.0 Å². The summed E-state index contributed by atoms with van der Waals surface area (Å²) >= 11 is 0. The van der Waals surface area contributed by atoms with E-state index in [4.69, 9.17) is 23.5 Å². The summed E-state index contributed by atoms with van der Waals surface area (Å²) in [4.78, 5) is 12.8. The highest BCUT2D eigenvalue weighted by atomic mass is 32.3. The highest BCUT2D eigenvalue weighted by Gasteiger charge is 2.48. The largest absolute Gasteiger partial charge is 0.457 e. The van der Waals surface area contributed by atoms with Gasteiger partial charge in [-0.2, -0.15) is 8.42 Å². The van der Waals surface area contributed by atoms with Crippen LogP contribution in [-0.2, 0) is 38.3 Å². The fraction of sp³-hybridized carbons (Fsp3) is 0.930. The van der Waals surface area contributed by atoms with Gasteiger partial charge in [0.25, 0.3) is 0 Å². The van der Waals surface area contributed by atoms with E-state index in [0.29, 0.717) is 13.0 Å². The van der Waals surface area contributed by atoms with Crippen molar-refractivity contribution in [2.75, 3.05) is 26.4 Å². The van der Waals surface area contributed by atoms with Gasteiger partial charge in [-0.05, 0) is 38.5 Å². The van der Waals surface area contributed by atoms with Crippen LogP contribution in [0.5, 0.6) is 0 Å². The third kappa shape index (κ3) is 29.1. The van der Waals surface area contributed by atoms with Gasteiger partial charge >= 0.3 is 16.4 Å². The molecule has 6 atom stereocenters. The molecular formula is C43H82O12S. The highest BCUT2D eigenvalue weighted by molar-refractivity contribution is 7.80. The second-order valence-corrected chi connectivity index (χ2v) is 16.7. The lowest BCUT2D eigenvalue weighted by Crippen LogP contribution is -2.60. The lowest BCUT2D eigenvalue weighted by Gasteiger charge is -2.41. The molecule has 1 fully saturated rings. The molecule has 0 radical (unpaired) electrons. The number of esters is 1. The molecule has 1 saturated heterocycles. The van der Waals surface area contributed by atoms with Crippen LogP contribution < -0.4 is 0 Å². The van der Waals surface area contributed by atoms with E-state index in [0.717, 1.165) is 57.8 Å². The minimum Gasteiger partial charge on any atom is -0.457 e. The molecule has 0 saturated carbocycles. The number of hydrogen-bond donors (Lipinski definition) is 4. The molecule has 1 heterocycles. The summed E-state index contributed by atoms with van der Waals surface area (Å²) in [6.45, 7) is 3.98. The zero-order valence-corrected chi connectivity index (χ0v) is 36.0. The minimum atomic E-state index is -5.06. The van der Waals surface area contributed by atoms with Crippen molar-refractivity contribution in [1.82, 2.24) is 0 Å². The predicted molar refractivity (Wildman–Crippen MR) is 221 cm³/mol. The van der Waals surface area contributed by atoms with Crippen molar-refractivity contribution in [3.8, 4) is 0 Å². The Labute approximate surface area is 340 Å². The fourth-order valence-corrected chi connectivity index (χ4v) is 7.47. The van der Waals surface area contributed by atoms with Crippen LogP contribution in [0.1, 0.15) is 194 Å². The van der Waals surface area contributed by atoms with E-state index in [-0.39, 0.29) is 19.6 Å². The van der Waals surface area contributed by atoms with Gasteiger partial charge < -0.3 is 34.3 Å². The number of carbonyl (C=O) groups excluding carboxylic acids is 1. The van der Waals surface area contributed by atoms with Gasteiger partial charge in [0.2, 0.25) is 0 Å². The maximum atomic E-state index is 12.8. The SMILES string of the molecule is CCCCCC/C=C\CCCCCCCC(=O)OC(COCCCCCCCCCCCCCCCCCC)COC1OC(CO)C(O)C(OS(=O)(=O)O)C1O. The van der Waals surface area contributed by atoms with E-state index in [1.165, 1.54) is 109 Å². The molecule has 0 amide bonds. The van der Waals surface area contributed by atoms with E-state index in [2.05, 4.69) is 30.2 Å². The summed E-state index contributed by atoms with van der Waals surface area (Å²) in [5, 5.41) is 30.6. The van der Waals surface area contributed by atoms with Gasteiger partial charge in [0.05, 0.1) is 19.8 Å². The molecule has 6 unspecified atom stereocenters. The monoisotopic (exact) mass is 823 g/mol. The number of carbonyl (C=O) groups is 1. The van der Waals surface area contributed by atoms with Crippen molar-refractivity contribution >= 4 is 16.4 Å². The predicted octanol–water partition coefficient (Wildman–Crippen LogP) is 9.08. The maximum absolute atomic E-state index is 12.8. The first-order valence-electron chi connectivity index (χ1n) is 22.4. The molecule has 0 aromatic rings. The van der Waals surface area contributed by atoms with Crippen LogP contribution in [0.25, 0.3) is 0 Å². The number of unbranched alkanes of at least 4 members (excludes halogenated alkanes) is 24. The molecule has 0 spiro atoms. The van der Waals surface area contributed by atoms with Crippen molar-refractivity contribution in [1.29, 1.82) is 0 Å². The van der Waals surface area contributed by atoms with E-state index < -0.39 is 59.8 Å². The number of aliphatic hydroxyl groups excluding tert-OH is 3. The van der Waals surface area contributed by atoms with Crippen LogP contribution in [0, 0.1) is 0 Å². The Kier molecular flexibility index (Phi) is 33.7. The van der Waals surface area contributed by atoms with Crippen molar-refractivity contribution in [2.24, 2.45) is 0 Å². The Hall–Kier alpha value is -1.16. The second-order valence-electron chi connectivity index (χ2n) is 15.6. The Morgan fingerprint density at radius 3 is 1.62 bits per heavy atom. The molecule has 1 aliphatic rings. The second kappa shape index (κ2) is 35.8. The Morgan fingerprint density at radius 1 is 0.661 bits per heavy atom. The van der Waals surface area contributed by atoms with Gasteiger partial charge in [0.15, 0.2) is 6.29 Å². The molecule has 0 aliphatic carbocycles. The average molecular weight is 823 g/mol. The van der Waals surface area contributed by atoms with Crippen LogP contribution in [0.15, 0.2) is 12.2 Å². The zero-order valence-electron chi connectivity index (χ0n) is 35.2. The molecular weight excluding hydrogens is 741 g/mol. The van der Waals surface area contributed by atoms with Crippen molar-refractivity contribution < 1.29 is 56.2 Å². The summed E-state index contributed by atoms with van der Waals surface area (Å²) < 4.78 is 59.0. The number of hydrogen-bond acceptors (Lipinski definition) is 11. The van der Waals surface area contributed by atoms with Gasteiger partial charge in [-0.25, -0.2) is 4.18 Å². The van der Waals surface area contributed by atoms with E-state index >= 15 is 0 Å². The summed E-state index contributed by atoms with van der Waals surface area (Å²) in [5.74, 6) is -0.406. The Bertz CT molecular complexity index is 1040. The zero-order chi connectivity index (χ0) is 41.1. The standard InChI is InChI=1S/C43H82O12S/c1-3-5-7-9-11-13-15-17-18-19-21-23-25-27-29-31-33-51-35-37(36-52-43-41(47)42(55-56(48,49)50)40(46)38(34-44)54-43)53-39(45)32-30-28-26-24-22-20-16-14-12-10-8-6-4-2/h14,16,37-38,40-44,46-47H,3-13,15,17-36H2,1-2H3,(H,48,49,50)/b16-14-. The normalized spacial score (nSPS) is 20.9. The van der Waals surface area contributed by atoms with Crippen LogP contribution in [0.3, 0.4) is 0 Å². The third-order valence-corrected chi connectivity index (χ3v) is 10.9. The number of ether oxygens (including phenoxy) is 4. The molecule has 56 heavy (non-hydrogen) atoms. The van der Waals surface area contributed by atoms with Crippen molar-refractivity contribution in [3.63, 3.8) is 0 Å². The van der Waals surface area contributed by atoms with Gasteiger partial charge in [-0.3, -0.25) is 9.35 Å². The molecule has 332 valence electrons. The molecule has 0 bridgehead atoms. The van der Waals surface area contributed by atoms with Crippen LogP contribution in [0.4, 0.5) is 0 Å². The molecule has 0 aromatic heterocycles. The molecule has 4 N–H and O–H groups in total. The minimum absolute atomic E-state index is 0.0381. The number of allylic oxidation sites excluding steroid dienone is 2. The molecule has 0 aromatic carbocycles. The highest BCUT2D eigenvalue weighted by Crippen LogP contribution is 2.26. The van der Waals surface area contributed by atoms with Crippen LogP contribution >= 0.6 is 0 Å². The molecule has 12 nitrogen and oxygen atoms in total. The smallest absolute Gasteiger partial charge is 0.397 e. The lowest BCUT2D eigenvalue weighted by atomic mass is 9.99. The molecule has 13 heteroatoms. The van der Waals surface area contributed by atoms with Gasteiger partial charge in [-0.15, -0.1) is 0 Å². The van der Waals surface area contributed by atoms with E-state index in [1.807, 2.05) is 0 Å². The van der Waals surface area contributed by atoms with Crippen molar-refractivity contribution in [3.05, 3.63) is 12.2 Å².